The van der Waals surface area contributed by atoms with E-state index in [4.69, 9.17) is 16.3 Å². The number of halogens is 1. The fraction of sp³-hybridized carbons (Fsp3) is 0.364. The highest BCUT2D eigenvalue weighted by Crippen LogP contribution is 2.23. The second-order valence-corrected chi connectivity index (χ2v) is 7.27. The lowest BCUT2D eigenvalue weighted by Crippen LogP contribution is -2.40. The maximum atomic E-state index is 12.6. The fourth-order valence-corrected chi connectivity index (χ4v) is 3.47. The molecule has 0 spiro atoms. The molecule has 0 atom stereocenters. The topological polar surface area (TPSA) is 46.6 Å². The summed E-state index contributed by atoms with van der Waals surface area (Å²) in [5, 5.41) is 0.622. The van der Waals surface area contributed by atoms with Crippen molar-refractivity contribution < 1.29 is 14.3 Å². The first-order chi connectivity index (χ1) is 13.1. The molecule has 27 heavy (non-hydrogen) atoms. The van der Waals surface area contributed by atoms with E-state index >= 15 is 0 Å². The first-order valence-electron chi connectivity index (χ1n) is 9.39. The van der Waals surface area contributed by atoms with Crippen molar-refractivity contribution in [2.24, 2.45) is 5.92 Å². The van der Waals surface area contributed by atoms with Gasteiger partial charge in [0.15, 0.2) is 5.78 Å². The largest absolute Gasteiger partial charge is 0.449 e. The van der Waals surface area contributed by atoms with Crippen LogP contribution in [0.3, 0.4) is 0 Å². The zero-order chi connectivity index (χ0) is 19.1. The van der Waals surface area contributed by atoms with Crippen molar-refractivity contribution in [1.29, 1.82) is 0 Å². The number of Topliss-reactive ketones (excluding diaryl/α,β-unsaturated/α-hetero) is 1. The van der Waals surface area contributed by atoms with Crippen molar-refractivity contribution >= 4 is 23.5 Å². The predicted molar refractivity (Wildman–Crippen MR) is 106 cm³/mol. The third kappa shape index (κ3) is 5.57. The van der Waals surface area contributed by atoms with Crippen molar-refractivity contribution in [3.8, 4) is 0 Å². The lowest BCUT2D eigenvalue weighted by molar-refractivity contribution is 0.0735. The molecule has 0 aliphatic carbocycles. The van der Waals surface area contributed by atoms with Gasteiger partial charge in [-0.05, 0) is 55.5 Å². The number of hydrogen-bond donors (Lipinski definition) is 0. The van der Waals surface area contributed by atoms with Gasteiger partial charge in [0.05, 0.1) is 6.61 Å². The lowest BCUT2D eigenvalue weighted by atomic mass is 9.89. The Morgan fingerprint density at radius 1 is 1.00 bits per heavy atom. The average molecular weight is 386 g/mol. The molecule has 4 nitrogen and oxygen atoms in total. The lowest BCUT2D eigenvalue weighted by Gasteiger charge is -2.30. The maximum absolute atomic E-state index is 12.6. The number of benzene rings is 2. The molecule has 1 amide bonds. The molecule has 0 radical (unpaired) electrons. The van der Waals surface area contributed by atoms with Gasteiger partial charge in [0.2, 0.25) is 0 Å². The highest BCUT2D eigenvalue weighted by Gasteiger charge is 2.28. The van der Waals surface area contributed by atoms with Crippen LogP contribution < -0.4 is 0 Å². The Balaban J connectivity index is 1.38. The van der Waals surface area contributed by atoms with Gasteiger partial charge in [0, 0.05) is 29.6 Å². The van der Waals surface area contributed by atoms with E-state index in [2.05, 4.69) is 12.1 Å². The van der Waals surface area contributed by atoms with Crippen LogP contribution in [0.1, 0.15) is 35.2 Å². The molecule has 142 valence electrons. The number of carbonyl (C=O) groups is 2. The zero-order valence-electron chi connectivity index (χ0n) is 15.3. The van der Waals surface area contributed by atoms with Crippen molar-refractivity contribution in [2.75, 3.05) is 19.7 Å². The van der Waals surface area contributed by atoms with Crippen LogP contribution in [0.4, 0.5) is 4.79 Å². The third-order valence-electron chi connectivity index (χ3n) is 4.93. The number of carbonyl (C=O) groups excluding carboxylic acids is 2. The minimum Gasteiger partial charge on any atom is -0.449 e. The second kappa shape index (κ2) is 9.56. The van der Waals surface area contributed by atoms with E-state index in [9.17, 15) is 9.59 Å². The van der Waals surface area contributed by atoms with E-state index in [1.54, 1.807) is 29.2 Å². The van der Waals surface area contributed by atoms with Crippen LogP contribution in [-0.2, 0) is 11.2 Å². The molecule has 0 aromatic heterocycles. The molecule has 2 aromatic carbocycles. The molecule has 0 bridgehead atoms. The van der Waals surface area contributed by atoms with E-state index in [0.717, 1.165) is 12.8 Å². The van der Waals surface area contributed by atoms with Gasteiger partial charge in [-0.1, -0.05) is 41.9 Å². The summed E-state index contributed by atoms with van der Waals surface area (Å²) in [5.41, 5.74) is 1.93. The Kier molecular flexibility index (Phi) is 6.88. The van der Waals surface area contributed by atoms with Crippen LogP contribution >= 0.6 is 11.6 Å². The van der Waals surface area contributed by atoms with Gasteiger partial charge < -0.3 is 9.64 Å². The molecule has 3 rings (SSSR count). The summed E-state index contributed by atoms with van der Waals surface area (Å²) in [4.78, 5) is 26.5. The quantitative estimate of drug-likeness (QED) is 0.519. The van der Waals surface area contributed by atoms with Gasteiger partial charge in [0.25, 0.3) is 0 Å². The van der Waals surface area contributed by atoms with Crippen LogP contribution in [0.15, 0.2) is 54.6 Å². The van der Waals surface area contributed by atoms with Crippen molar-refractivity contribution in [3.05, 3.63) is 70.7 Å². The van der Waals surface area contributed by atoms with Gasteiger partial charge in [-0.2, -0.15) is 0 Å². The SMILES string of the molecule is O=C(c1ccc(Cl)cc1)C1CCN(C(=O)OCCCc2ccccc2)CC1. The van der Waals surface area contributed by atoms with Crippen LogP contribution in [0.5, 0.6) is 0 Å². The normalized spacial score (nSPS) is 14.8. The highest BCUT2D eigenvalue weighted by molar-refractivity contribution is 6.30. The molecule has 1 aliphatic heterocycles. The predicted octanol–water partition coefficient (Wildman–Crippen LogP) is 5.00. The van der Waals surface area contributed by atoms with Gasteiger partial charge in [-0.25, -0.2) is 4.79 Å². The summed E-state index contributed by atoms with van der Waals surface area (Å²) in [6, 6.07) is 17.1. The summed E-state index contributed by atoms with van der Waals surface area (Å²) in [6.07, 6.45) is 2.76. The standard InChI is InChI=1S/C22H24ClNO3/c23-20-10-8-18(9-11-20)21(25)19-12-14-24(15-13-19)22(26)27-16-4-7-17-5-2-1-3-6-17/h1-3,5-6,8-11,19H,4,7,12-16H2. The molecule has 1 saturated heterocycles. The maximum Gasteiger partial charge on any atom is 0.409 e. The Hall–Kier alpha value is -2.33. The number of nitrogens with zero attached hydrogens (tertiary/aromatic N) is 1. The molecular weight excluding hydrogens is 362 g/mol. The smallest absolute Gasteiger partial charge is 0.409 e. The van der Waals surface area contributed by atoms with Crippen LogP contribution in [0.25, 0.3) is 0 Å². The first-order valence-corrected chi connectivity index (χ1v) is 9.76. The molecule has 1 aliphatic rings. The Bertz CT molecular complexity index is 753. The summed E-state index contributed by atoms with van der Waals surface area (Å²) in [7, 11) is 0. The van der Waals surface area contributed by atoms with Gasteiger partial charge >= 0.3 is 6.09 Å². The van der Waals surface area contributed by atoms with E-state index in [0.29, 0.717) is 43.1 Å². The Morgan fingerprint density at radius 3 is 2.33 bits per heavy atom. The fourth-order valence-electron chi connectivity index (χ4n) is 3.35. The van der Waals surface area contributed by atoms with Crippen LogP contribution in [0, 0.1) is 5.92 Å². The highest BCUT2D eigenvalue weighted by atomic mass is 35.5. The van der Waals surface area contributed by atoms with E-state index in [1.165, 1.54) is 5.56 Å². The third-order valence-corrected chi connectivity index (χ3v) is 5.18. The van der Waals surface area contributed by atoms with Gasteiger partial charge in [-0.3, -0.25) is 4.79 Å². The van der Waals surface area contributed by atoms with E-state index < -0.39 is 0 Å². The molecule has 0 unspecified atom stereocenters. The van der Waals surface area contributed by atoms with E-state index in [1.807, 2.05) is 18.2 Å². The second-order valence-electron chi connectivity index (χ2n) is 6.84. The monoisotopic (exact) mass is 385 g/mol. The van der Waals surface area contributed by atoms with Gasteiger partial charge in [-0.15, -0.1) is 0 Å². The molecule has 1 fully saturated rings. The minimum atomic E-state index is -0.277. The summed E-state index contributed by atoms with van der Waals surface area (Å²) < 4.78 is 5.38. The molecule has 0 saturated carbocycles. The molecule has 2 aromatic rings. The molecular formula is C22H24ClNO3. The Labute approximate surface area is 165 Å². The average Bonchev–Trinajstić information content (AvgIpc) is 2.72. The van der Waals surface area contributed by atoms with Gasteiger partial charge in [0.1, 0.15) is 0 Å². The summed E-state index contributed by atoms with van der Waals surface area (Å²) in [6.45, 7) is 1.53. The number of likely N-dealkylation sites (tertiary alicyclic amines) is 1. The number of rotatable bonds is 6. The minimum absolute atomic E-state index is 0.0479. The summed E-state index contributed by atoms with van der Waals surface area (Å²) >= 11 is 5.87. The van der Waals surface area contributed by atoms with Crippen molar-refractivity contribution in [2.45, 2.75) is 25.7 Å². The molecule has 1 heterocycles. The van der Waals surface area contributed by atoms with Crippen LogP contribution in [0.2, 0.25) is 5.02 Å². The van der Waals surface area contributed by atoms with E-state index in [-0.39, 0.29) is 17.8 Å². The van der Waals surface area contributed by atoms with Crippen LogP contribution in [-0.4, -0.2) is 36.5 Å². The number of ether oxygens (including phenoxy) is 1. The molecule has 0 N–H and O–H groups in total. The van der Waals surface area contributed by atoms with Crippen molar-refractivity contribution in [1.82, 2.24) is 4.90 Å². The molecule has 5 heteroatoms. The number of hydrogen-bond acceptors (Lipinski definition) is 3. The number of aryl methyl sites for hydroxylation is 1. The van der Waals surface area contributed by atoms with Crippen molar-refractivity contribution in [3.63, 3.8) is 0 Å². The number of amides is 1. The Morgan fingerprint density at radius 2 is 1.67 bits per heavy atom. The summed E-state index contributed by atoms with van der Waals surface area (Å²) in [5.74, 6) is 0.0795. The number of ketones is 1. The zero-order valence-corrected chi connectivity index (χ0v) is 16.0. The first kappa shape index (κ1) is 19.4. The number of piperidine rings is 1.